The first kappa shape index (κ1) is 14.2. The normalized spacial score (nSPS) is 12.6. The standard InChI is InChI=1S/C10H6F3NO5S/c11-10(12,13)20(17,18)19-8-5-6-3-1-2-4-7(6)14(8)9(15)16/h1-5H,(H,15,16). The van der Waals surface area contributed by atoms with Crippen LogP contribution in [-0.2, 0) is 10.1 Å². The van der Waals surface area contributed by atoms with Crippen molar-refractivity contribution >= 4 is 27.1 Å². The van der Waals surface area contributed by atoms with E-state index in [1.807, 2.05) is 0 Å². The third-order valence-corrected chi connectivity index (χ3v) is 3.30. The molecule has 0 saturated heterocycles. The fraction of sp³-hybridized carbons (Fsp3) is 0.100. The van der Waals surface area contributed by atoms with Gasteiger partial charge < -0.3 is 9.29 Å². The van der Waals surface area contributed by atoms with E-state index in [1.54, 1.807) is 0 Å². The van der Waals surface area contributed by atoms with Gasteiger partial charge in [0.1, 0.15) is 0 Å². The van der Waals surface area contributed by atoms with Crippen LogP contribution in [0.3, 0.4) is 0 Å². The van der Waals surface area contributed by atoms with E-state index in [1.165, 1.54) is 24.3 Å². The molecule has 0 bridgehead atoms. The van der Waals surface area contributed by atoms with Gasteiger partial charge >= 0.3 is 21.7 Å². The number of carbonyl (C=O) groups is 1. The van der Waals surface area contributed by atoms with E-state index in [4.69, 9.17) is 5.11 Å². The Morgan fingerprint density at radius 2 is 1.85 bits per heavy atom. The predicted octanol–water partition coefficient (Wildman–Crippen LogP) is 2.40. The molecule has 6 nitrogen and oxygen atoms in total. The zero-order valence-electron chi connectivity index (χ0n) is 9.46. The van der Waals surface area contributed by atoms with E-state index in [2.05, 4.69) is 4.18 Å². The van der Waals surface area contributed by atoms with Crippen LogP contribution in [0.1, 0.15) is 0 Å². The van der Waals surface area contributed by atoms with Gasteiger partial charge in [-0.3, -0.25) is 0 Å². The minimum absolute atomic E-state index is 0.00683. The summed E-state index contributed by atoms with van der Waals surface area (Å²) in [6.45, 7) is 0. The molecule has 0 atom stereocenters. The molecule has 0 saturated carbocycles. The van der Waals surface area contributed by atoms with Crippen molar-refractivity contribution in [3.05, 3.63) is 30.3 Å². The third kappa shape index (κ3) is 2.29. The smallest absolute Gasteiger partial charge is 0.464 e. The number of hydrogen-bond donors (Lipinski definition) is 1. The Hall–Kier alpha value is -2.23. The van der Waals surface area contributed by atoms with E-state index >= 15 is 0 Å². The van der Waals surface area contributed by atoms with Crippen LogP contribution >= 0.6 is 0 Å². The molecule has 0 radical (unpaired) electrons. The lowest BCUT2D eigenvalue weighted by molar-refractivity contribution is -0.0502. The number of rotatable bonds is 2. The zero-order valence-corrected chi connectivity index (χ0v) is 10.3. The minimum atomic E-state index is -5.94. The lowest BCUT2D eigenvalue weighted by Gasteiger charge is -2.09. The molecule has 108 valence electrons. The maximum absolute atomic E-state index is 12.2. The van der Waals surface area contributed by atoms with Crippen molar-refractivity contribution in [2.45, 2.75) is 5.51 Å². The van der Waals surface area contributed by atoms with Gasteiger partial charge in [0.05, 0.1) is 5.52 Å². The number of nitrogens with zero attached hydrogens (tertiary/aromatic N) is 1. The number of aromatic nitrogens is 1. The number of para-hydroxylation sites is 1. The number of benzene rings is 1. The molecule has 10 heteroatoms. The topological polar surface area (TPSA) is 85.6 Å². The zero-order chi connectivity index (χ0) is 15.1. The summed E-state index contributed by atoms with van der Waals surface area (Å²) in [5.74, 6) is -0.948. The van der Waals surface area contributed by atoms with Crippen LogP contribution < -0.4 is 4.18 Å². The summed E-state index contributed by atoms with van der Waals surface area (Å²) in [4.78, 5) is 11.0. The summed E-state index contributed by atoms with van der Waals surface area (Å²) in [6, 6.07) is 6.56. The molecule has 1 aromatic heterocycles. The van der Waals surface area contributed by atoms with Gasteiger partial charge in [0.25, 0.3) is 0 Å². The van der Waals surface area contributed by atoms with Crippen LogP contribution in [0.5, 0.6) is 5.88 Å². The van der Waals surface area contributed by atoms with Crippen LogP contribution in [-0.4, -0.2) is 29.7 Å². The van der Waals surface area contributed by atoms with Crippen LogP contribution in [0, 0.1) is 0 Å². The van der Waals surface area contributed by atoms with Crippen molar-refractivity contribution in [3.8, 4) is 5.88 Å². The van der Waals surface area contributed by atoms with Crippen molar-refractivity contribution in [3.63, 3.8) is 0 Å². The van der Waals surface area contributed by atoms with Gasteiger partial charge in [0.15, 0.2) is 0 Å². The van der Waals surface area contributed by atoms with Crippen LogP contribution in [0.15, 0.2) is 30.3 Å². The number of halogens is 3. The van der Waals surface area contributed by atoms with E-state index in [-0.39, 0.29) is 10.9 Å². The van der Waals surface area contributed by atoms with E-state index in [0.29, 0.717) is 4.57 Å². The van der Waals surface area contributed by atoms with E-state index in [0.717, 1.165) is 6.07 Å². The summed E-state index contributed by atoms with van der Waals surface area (Å²) in [6.07, 6.45) is -1.67. The maximum atomic E-state index is 12.2. The average Bonchev–Trinajstić information content (AvgIpc) is 2.64. The average molecular weight is 309 g/mol. The second-order valence-corrected chi connectivity index (χ2v) is 5.18. The van der Waals surface area contributed by atoms with Gasteiger partial charge in [0, 0.05) is 11.5 Å². The number of hydrogen-bond acceptors (Lipinski definition) is 4. The van der Waals surface area contributed by atoms with Gasteiger partial charge in [-0.05, 0) is 6.07 Å². The summed E-state index contributed by atoms with van der Waals surface area (Å²) < 4.78 is 62.7. The molecule has 2 aromatic rings. The van der Waals surface area contributed by atoms with Crippen molar-refractivity contribution in [2.75, 3.05) is 0 Å². The van der Waals surface area contributed by atoms with E-state index < -0.39 is 27.6 Å². The highest BCUT2D eigenvalue weighted by Crippen LogP contribution is 2.31. The molecule has 2 rings (SSSR count). The SMILES string of the molecule is O=C(O)n1c(OS(=O)(=O)C(F)(F)F)cc2ccccc21. The van der Waals surface area contributed by atoms with Gasteiger partial charge in [0.2, 0.25) is 5.88 Å². The first-order valence-electron chi connectivity index (χ1n) is 4.98. The fourth-order valence-electron chi connectivity index (χ4n) is 1.55. The Morgan fingerprint density at radius 1 is 1.25 bits per heavy atom. The van der Waals surface area contributed by atoms with Gasteiger partial charge in [-0.15, -0.1) is 0 Å². The number of fused-ring (bicyclic) bond motifs is 1. The molecule has 1 aromatic carbocycles. The molecule has 20 heavy (non-hydrogen) atoms. The summed E-state index contributed by atoms with van der Waals surface area (Å²) >= 11 is 0. The van der Waals surface area contributed by atoms with Crippen LogP contribution in [0.25, 0.3) is 10.9 Å². The highest BCUT2D eigenvalue weighted by Gasteiger charge is 2.49. The van der Waals surface area contributed by atoms with Crippen molar-refractivity contribution in [1.82, 2.24) is 4.57 Å². The number of carboxylic acid groups (broad SMARTS) is 1. The molecular formula is C10H6F3NO5S. The molecule has 0 aliphatic rings. The first-order chi connectivity index (χ1) is 9.13. The van der Waals surface area contributed by atoms with Gasteiger partial charge in [-0.1, -0.05) is 18.2 Å². The second kappa shape index (κ2) is 4.40. The molecular weight excluding hydrogens is 303 g/mol. The van der Waals surface area contributed by atoms with Crippen LogP contribution in [0.4, 0.5) is 18.0 Å². The van der Waals surface area contributed by atoms with Crippen molar-refractivity contribution in [1.29, 1.82) is 0 Å². The van der Waals surface area contributed by atoms with Crippen molar-refractivity contribution in [2.24, 2.45) is 0 Å². The molecule has 1 N–H and O–H groups in total. The highest BCUT2D eigenvalue weighted by atomic mass is 32.2. The Bertz CT molecular complexity index is 778. The lowest BCUT2D eigenvalue weighted by Crippen LogP contribution is -2.29. The molecule has 1 heterocycles. The first-order valence-corrected chi connectivity index (χ1v) is 6.39. The maximum Gasteiger partial charge on any atom is 0.534 e. The summed E-state index contributed by atoms with van der Waals surface area (Å²) in [5.41, 5.74) is -5.64. The van der Waals surface area contributed by atoms with Crippen LogP contribution in [0.2, 0.25) is 0 Å². The largest absolute Gasteiger partial charge is 0.534 e. The Balaban J connectivity index is 2.61. The molecule has 0 aliphatic carbocycles. The van der Waals surface area contributed by atoms with Crippen molar-refractivity contribution < 1.29 is 35.7 Å². The highest BCUT2D eigenvalue weighted by molar-refractivity contribution is 7.87. The molecule has 0 unspecified atom stereocenters. The second-order valence-electron chi connectivity index (χ2n) is 3.64. The Kier molecular flexibility index (Phi) is 3.12. The Labute approximate surface area is 110 Å². The Morgan fingerprint density at radius 3 is 2.40 bits per heavy atom. The summed E-state index contributed by atoms with van der Waals surface area (Å²) in [5, 5.41) is 9.18. The number of alkyl halides is 3. The third-order valence-electron chi connectivity index (χ3n) is 2.35. The quantitative estimate of drug-likeness (QED) is 0.680. The molecule has 0 spiro atoms. The fourth-order valence-corrected chi connectivity index (χ4v) is 1.99. The molecule has 0 fully saturated rings. The lowest BCUT2D eigenvalue weighted by atomic mass is 10.2. The predicted molar refractivity (Wildman–Crippen MR) is 61.0 cm³/mol. The van der Waals surface area contributed by atoms with E-state index in [9.17, 15) is 26.4 Å². The van der Waals surface area contributed by atoms with Gasteiger partial charge in [-0.25, -0.2) is 9.36 Å². The summed E-state index contributed by atoms with van der Waals surface area (Å²) in [7, 11) is -5.94. The molecule has 0 aliphatic heterocycles. The minimum Gasteiger partial charge on any atom is -0.464 e. The van der Waals surface area contributed by atoms with Gasteiger partial charge in [-0.2, -0.15) is 21.6 Å². The monoisotopic (exact) mass is 309 g/mol. The molecule has 0 amide bonds.